The van der Waals surface area contributed by atoms with E-state index in [1.165, 1.54) is 0 Å². The molecule has 102 valence electrons. The van der Waals surface area contributed by atoms with Crippen molar-refractivity contribution in [2.75, 3.05) is 0 Å². The van der Waals surface area contributed by atoms with Crippen molar-refractivity contribution in [1.29, 1.82) is 0 Å². The van der Waals surface area contributed by atoms with E-state index in [4.69, 9.17) is 5.73 Å². The number of hydrogen-bond acceptors (Lipinski definition) is 1. The van der Waals surface area contributed by atoms with E-state index in [1.807, 2.05) is 32.0 Å². The van der Waals surface area contributed by atoms with Gasteiger partial charge in [-0.25, -0.2) is 0 Å². The quantitative estimate of drug-likeness (QED) is 0.844. The normalized spacial score (nSPS) is 13.7. The van der Waals surface area contributed by atoms with Gasteiger partial charge in [-0.2, -0.15) is 13.2 Å². The predicted molar refractivity (Wildman–Crippen MR) is 67.4 cm³/mol. The topological polar surface area (TPSA) is 26.0 Å². The Morgan fingerprint density at radius 3 is 2.33 bits per heavy atom. The fraction of sp³-hybridized carbons (Fsp3) is 0.571. The standard InChI is InChI=1S/C14H20F3N/c1-3-10-5-6-11(4-2)12(9-10)13(18)7-8-14(15,16)17/h5-6,9,13H,3-4,7-8,18H2,1-2H3. The van der Waals surface area contributed by atoms with Crippen molar-refractivity contribution in [3.8, 4) is 0 Å². The molecule has 1 aromatic carbocycles. The number of benzene rings is 1. The van der Waals surface area contributed by atoms with Crippen LogP contribution in [-0.4, -0.2) is 6.18 Å². The van der Waals surface area contributed by atoms with Crippen LogP contribution in [0.3, 0.4) is 0 Å². The van der Waals surface area contributed by atoms with Crippen LogP contribution < -0.4 is 5.73 Å². The van der Waals surface area contributed by atoms with Gasteiger partial charge >= 0.3 is 6.18 Å². The molecule has 0 fully saturated rings. The summed E-state index contributed by atoms with van der Waals surface area (Å²) < 4.78 is 36.6. The molecule has 1 atom stereocenters. The molecule has 0 bridgehead atoms. The molecule has 0 aliphatic rings. The van der Waals surface area contributed by atoms with Gasteiger partial charge in [-0.15, -0.1) is 0 Å². The van der Waals surface area contributed by atoms with Gasteiger partial charge in [-0.1, -0.05) is 32.0 Å². The van der Waals surface area contributed by atoms with Crippen molar-refractivity contribution in [2.45, 2.75) is 51.7 Å². The van der Waals surface area contributed by atoms with Crippen molar-refractivity contribution in [2.24, 2.45) is 5.73 Å². The van der Waals surface area contributed by atoms with E-state index in [-0.39, 0.29) is 6.42 Å². The van der Waals surface area contributed by atoms with Crippen LogP contribution in [0.5, 0.6) is 0 Å². The van der Waals surface area contributed by atoms with Gasteiger partial charge in [0.15, 0.2) is 0 Å². The molecule has 18 heavy (non-hydrogen) atoms. The summed E-state index contributed by atoms with van der Waals surface area (Å²) >= 11 is 0. The number of rotatable bonds is 5. The molecule has 2 N–H and O–H groups in total. The second kappa shape index (κ2) is 6.23. The molecule has 1 unspecified atom stereocenters. The molecule has 0 saturated heterocycles. The first-order chi connectivity index (χ1) is 8.37. The third-order valence-corrected chi connectivity index (χ3v) is 3.14. The maximum Gasteiger partial charge on any atom is 0.389 e. The molecule has 1 nitrogen and oxygen atoms in total. The Morgan fingerprint density at radius 2 is 1.83 bits per heavy atom. The van der Waals surface area contributed by atoms with Crippen molar-refractivity contribution < 1.29 is 13.2 Å². The van der Waals surface area contributed by atoms with Crippen molar-refractivity contribution in [3.05, 3.63) is 34.9 Å². The Hall–Kier alpha value is -1.03. The fourth-order valence-corrected chi connectivity index (χ4v) is 2.01. The van der Waals surface area contributed by atoms with E-state index < -0.39 is 18.6 Å². The minimum absolute atomic E-state index is 0.0519. The molecule has 1 rings (SSSR count). The number of aryl methyl sites for hydroxylation is 2. The van der Waals surface area contributed by atoms with Crippen molar-refractivity contribution >= 4 is 0 Å². The van der Waals surface area contributed by atoms with Gasteiger partial charge < -0.3 is 5.73 Å². The summed E-state index contributed by atoms with van der Waals surface area (Å²) in [6.07, 6.45) is -3.36. The van der Waals surface area contributed by atoms with Gasteiger partial charge in [0.25, 0.3) is 0 Å². The largest absolute Gasteiger partial charge is 0.389 e. The first-order valence-corrected chi connectivity index (χ1v) is 6.31. The zero-order valence-corrected chi connectivity index (χ0v) is 10.8. The molecular formula is C14H20F3N. The van der Waals surface area contributed by atoms with Crippen LogP contribution in [-0.2, 0) is 12.8 Å². The van der Waals surface area contributed by atoms with E-state index in [2.05, 4.69) is 0 Å². The van der Waals surface area contributed by atoms with Gasteiger partial charge in [0.2, 0.25) is 0 Å². The lowest BCUT2D eigenvalue weighted by Crippen LogP contribution is -2.17. The number of halogens is 3. The maximum atomic E-state index is 12.2. The highest BCUT2D eigenvalue weighted by molar-refractivity contribution is 5.34. The molecule has 1 aromatic rings. The Bertz CT molecular complexity index is 385. The SMILES string of the molecule is CCc1ccc(CC)c(C(N)CCC(F)(F)F)c1. The van der Waals surface area contributed by atoms with Crippen LogP contribution in [0.4, 0.5) is 13.2 Å². The van der Waals surface area contributed by atoms with Crippen LogP contribution in [0.2, 0.25) is 0 Å². The maximum absolute atomic E-state index is 12.2. The zero-order valence-electron chi connectivity index (χ0n) is 10.8. The van der Waals surface area contributed by atoms with Crippen LogP contribution in [0.1, 0.15) is 49.4 Å². The third-order valence-electron chi connectivity index (χ3n) is 3.14. The molecule has 0 saturated carbocycles. The summed E-state index contributed by atoms with van der Waals surface area (Å²) in [4.78, 5) is 0. The summed E-state index contributed by atoms with van der Waals surface area (Å²) in [5.74, 6) is 0. The minimum atomic E-state index is -4.13. The zero-order chi connectivity index (χ0) is 13.8. The van der Waals surface area contributed by atoms with Crippen molar-refractivity contribution in [3.63, 3.8) is 0 Å². The first kappa shape index (κ1) is 15.0. The Kier molecular flexibility index (Phi) is 5.20. The van der Waals surface area contributed by atoms with Gasteiger partial charge in [-0.05, 0) is 36.0 Å². The van der Waals surface area contributed by atoms with Crippen LogP contribution in [0.15, 0.2) is 18.2 Å². The molecule has 0 amide bonds. The van der Waals surface area contributed by atoms with E-state index in [9.17, 15) is 13.2 Å². The van der Waals surface area contributed by atoms with Gasteiger partial charge in [0.1, 0.15) is 0 Å². The van der Waals surface area contributed by atoms with Crippen LogP contribution in [0, 0.1) is 0 Å². The predicted octanol–water partition coefficient (Wildman–Crippen LogP) is 4.15. The lowest BCUT2D eigenvalue weighted by molar-refractivity contribution is -0.136. The molecule has 4 heteroatoms. The average Bonchev–Trinajstić information content (AvgIpc) is 2.34. The van der Waals surface area contributed by atoms with Crippen molar-refractivity contribution in [1.82, 2.24) is 0 Å². The lowest BCUT2D eigenvalue weighted by Gasteiger charge is -2.18. The second-order valence-corrected chi connectivity index (χ2v) is 4.50. The summed E-state index contributed by atoms with van der Waals surface area (Å²) in [6, 6.07) is 5.40. The molecule has 0 aliphatic carbocycles. The van der Waals surface area contributed by atoms with Crippen LogP contribution >= 0.6 is 0 Å². The number of hydrogen-bond donors (Lipinski definition) is 1. The summed E-state index contributed by atoms with van der Waals surface area (Å²) in [6.45, 7) is 4.01. The van der Waals surface area contributed by atoms with Gasteiger partial charge in [0.05, 0.1) is 0 Å². The lowest BCUT2D eigenvalue weighted by atomic mass is 9.93. The molecule has 0 heterocycles. The number of nitrogens with two attached hydrogens (primary N) is 1. The van der Waals surface area contributed by atoms with E-state index in [1.54, 1.807) is 0 Å². The first-order valence-electron chi connectivity index (χ1n) is 6.31. The molecule has 0 aromatic heterocycles. The third kappa shape index (κ3) is 4.33. The molecule has 0 aliphatic heterocycles. The van der Waals surface area contributed by atoms with Crippen LogP contribution in [0.25, 0.3) is 0 Å². The smallest absolute Gasteiger partial charge is 0.324 e. The Morgan fingerprint density at radius 1 is 1.17 bits per heavy atom. The fourth-order valence-electron chi connectivity index (χ4n) is 2.01. The molecular weight excluding hydrogens is 239 g/mol. The molecule has 0 radical (unpaired) electrons. The van der Waals surface area contributed by atoms with E-state index in [0.29, 0.717) is 0 Å². The monoisotopic (exact) mass is 259 g/mol. The van der Waals surface area contributed by atoms with Gasteiger partial charge in [-0.3, -0.25) is 0 Å². The number of alkyl halides is 3. The summed E-state index contributed by atoms with van der Waals surface area (Å²) in [7, 11) is 0. The Labute approximate surface area is 106 Å². The highest BCUT2D eigenvalue weighted by Crippen LogP contribution is 2.28. The summed E-state index contributed by atoms with van der Waals surface area (Å²) in [5.41, 5.74) is 8.92. The second-order valence-electron chi connectivity index (χ2n) is 4.50. The highest BCUT2D eigenvalue weighted by atomic mass is 19.4. The Balaban J connectivity index is 2.85. The average molecular weight is 259 g/mol. The summed E-state index contributed by atoms with van der Waals surface area (Å²) in [5, 5.41) is 0. The molecule has 0 spiro atoms. The van der Waals surface area contributed by atoms with E-state index in [0.717, 1.165) is 29.5 Å². The highest BCUT2D eigenvalue weighted by Gasteiger charge is 2.28. The van der Waals surface area contributed by atoms with E-state index >= 15 is 0 Å². The van der Waals surface area contributed by atoms with Gasteiger partial charge in [0, 0.05) is 12.5 Å². The minimum Gasteiger partial charge on any atom is -0.324 e.